The first-order valence-electron chi connectivity index (χ1n) is 8.25. The second-order valence-electron chi connectivity index (χ2n) is 5.83. The second-order valence-corrected chi connectivity index (χ2v) is 7.45. The minimum atomic E-state index is -0.643. The summed E-state index contributed by atoms with van der Waals surface area (Å²) in [4.78, 5) is 0. The van der Waals surface area contributed by atoms with Gasteiger partial charge in [0.2, 0.25) is 0 Å². The zero-order chi connectivity index (χ0) is 14.3. The molecule has 2 atom stereocenters. The molecular weight excluding hydrogens is 254 g/mol. The van der Waals surface area contributed by atoms with E-state index in [1.165, 1.54) is 57.8 Å². The largest absolute Gasteiger partial charge is 0.330 e. The van der Waals surface area contributed by atoms with Crippen LogP contribution in [-0.2, 0) is 10.8 Å². The molecule has 0 saturated heterocycles. The molecule has 0 rings (SSSR count). The molecule has 0 saturated carbocycles. The van der Waals surface area contributed by atoms with Crippen LogP contribution in [-0.4, -0.2) is 22.3 Å². The lowest BCUT2D eigenvalue weighted by Gasteiger charge is -2.07. The average molecular weight is 290 g/mol. The first-order chi connectivity index (χ1) is 9.20. The molecule has 0 aliphatic rings. The van der Waals surface area contributed by atoms with E-state index in [4.69, 9.17) is 5.73 Å². The zero-order valence-corrected chi connectivity index (χ0v) is 14.0. The molecule has 0 spiro atoms. The first kappa shape index (κ1) is 19.1. The van der Waals surface area contributed by atoms with E-state index in [1.54, 1.807) is 0 Å². The Morgan fingerprint density at radius 2 is 1.37 bits per heavy atom. The van der Waals surface area contributed by atoms with Crippen LogP contribution in [0.25, 0.3) is 0 Å². The van der Waals surface area contributed by atoms with Crippen molar-refractivity contribution in [2.45, 2.75) is 78.1 Å². The molecular formula is C16H35NOS. The highest BCUT2D eigenvalue weighted by Crippen LogP contribution is 2.10. The predicted molar refractivity (Wildman–Crippen MR) is 87.9 cm³/mol. The Hall–Kier alpha value is 0.110. The van der Waals surface area contributed by atoms with Crippen LogP contribution >= 0.6 is 0 Å². The van der Waals surface area contributed by atoms with Gasteiger partial charge in [0, 0.05) is 22.3 Å². The summed E-state index contributed by atoms with van der Waals surface area (Å²) in [5, 5.41) is 0. The summed E-state index contributed by atoms with van der Waals surface area (Å²) in [6, 6.07) is 0. The second kappa shape index (κ2) is 14.5. The molecule has 2 unspecified atom stereocenters. The summed E-state index contributed by atoms with van der Waals surface area (Å²) in [7, 11) is -0.643. The van der Waals surface area contributed by atoms with Gasteiger partial charge in [0.1, 0.15) is 0 Å². The fraction of sp³-hybridized carbons (Fsp3) is 1.00. The Bertz CT molecular complexity index is 209. The van der Waals surface area contributed by atoms with Crippen molar-refractivity contribution in [1.82, 2.24) is 0 Å². The highest BCUT2D eigenvalue weighted by molar-refractivity contribution is 7.84. The van der Waals surface area contributed by atoms with Crippen molar-refractivity contribution in [3.8, 4) is 0 Å². The molecule has 2 N–H and O–H groups in total. The van der Waals surface area contributed by atoms with Crippen LogP contribution in [0, 0.1) is 5.92 Å². The molecule has 0 radical (unpaired) electrons. The van der Waals surface area contributed by atoms with Gasteiger partial charge in [-0.2, -0.15) is 0 Å². The van der Waals surface area contributed by atoms with Crippen LogP contribution in [0.2, 0.25) is 0 Å². The Morgan fingerprint density at radius 1 is 0.895 bits per heavy atom. The Kier molecular flexibility index (Phi) is 14.6. The number of nitrogens with two attached hydrogens (primary N) is 1. The van der Waals surface area contributed by atoms with Crippen molar-refractivity contribution in [3.05, 3.63) is 0 Å². The quantitative estimate of drug-likeness (QED) is 0.486. The van der Waals surface area contributed by atoms with Gasteiger partial charge in [0.25, 0.3) is 0 Å². The van der Waals surface area contributed by atoms with E-state index in [-0.39, 0.29) is 0 Å². The monoisotopic (exact) mass is 289 g/mol. The van der Waals surface area contributed by atoms with Crippen LogP contribution in [0.4, 0.5) is 0 Å². The molecule has 2 nitrogen and oxygen atoms in total. The van der Waals surface area contributed by atoms with Crippen molar-refractivity contribution in [2.75, 3.05) is 18.1 Å². The molecule has 0 aliphatic carbocycles. The van der Waals surface area contributed by atoms with E-state index in [0.717, 1.165) is 17.9 Å². The lowest BCUT2D eigenvalue weighted by Crippen LogP contribution is -2.18. The van der Waals surface area contributed by atoms with E-state index < -0.39 is 10.8 Å². The first-order valence-corrected chi connectivity index (χ1v) is 9.74. The molecule has 3 heteroatoms. The molecule has 0 bridgehead atoms. The minimum absolute atomic E-state index is 0.406. The smallest absolute Gasteiger partial charge is 0.0272 e. The molecule has 0 fully saturated rings. The maximum absolute atomic E-state index is 11.7. The van der Waals surface area contributed by atoms with E-state index in [2.05, 4.69) is 13.8 Å². The van der Waals surface area contributed by atoms with Gasteiger partial charge < -0.3 is 5.73 Å². The number of unbranched alkanes of at least 4 members (excludes halogenated alkanes) is 9. The summed E-state index contributed by atoms with van der Waals surface area (Å²) in [5.74, 6) is 2.07. The van der Waals surface area contributed by atoms with Crippen molar-refractivity contribution in [1.29, 1.82) is 0 Å². The SMILES string of the molecule is CCCCCCCCCCCCS(=O)CC(C)CN. The summed E-state index contributed by atoms with van der Waals surface area (Å²) < 4.78 is 11.7. The number of hydrogen-bond donors (Lipinski definition) is 1. The van der Waals surface area contributed by atoms with E-state index in [1.807, 2.05) is 0 Å². The van der Waals surface area contributed by atoms with Crippen LogP contribution < -0.4 is 5.73 Å². The van der Waals surface area contributed by atoms with Crippen LogP contribution in [0.1, 0.15) is 78.1 Å². The van der Waals surface area contributed by atoms with Gasteiger partial charge >= 0.3 is 0 Å². The van der Waals surface area contributed by atoms with Crippen LogP contribution in [0.3, 0.4) is 0 Å². The fourth-order valence-corrected chi connectivity index (χ4v) is 3.68. The third-order valence-electron chi connectivity index (χ3n) is 3.60. The van der Waals surface area contributed by atoms with Gasteiger partial charge in [0.15, 0.2) is 0 Å². The normalized spacial score (nSPS) is 14.5. The zero-order valence-electron chi connectivity index (χ0n) is 13.2. The van der Waals surface area contributed by atoms with Gasteiger partial charge in [-0.25, -0.2) is 0 Å². The summed E-state index contributed by atoms with van der Waals surface area (Å²) in [6.45, 7) is 5.00. The maximum Gasteiger partial charge on any atom is 0.0272 e. The molecule has 116 valence electrons. The van der Waals surface area contributed by atoms with E-state index in [9.17, 15) is 4.21 Å². The van der Waals surface area contributed by atoms with Gasteiger partial charge in [-0.15, -0.1) is 0 Å². The highest BCUT2D eigenvalue weighted by Gasteiger charge is 2.05. The molecule has 0 aromatic heterocycles. The Balaban J connectivity index is 3.16. The average Bonchev–Trinajstić information content (AvgIpc) is 2.40. The van der Waals surface area contributed by atoms with Crippen molar-refractivity contribution >= 4 is 10.8 Å². The van der Waals surface area contributed by atoms with Crippen molar-refractivity contribution < 1.29 is 4.21 Å². The van der Waals surface area contributed by atoms with Gasteiger partial charge in [-0.3, -0.25) is 4.21 Å². The third kappa shape index (κ3) is 14.3. The van der Waals surface area contributed by atoms with Crippen molar-refractivity contribution in [3.63, 3.8) is 0 Å². The molecule has 0 aliphatic heterocycles. The minimum Gasteiger partial charge on any atom is -0.330 e. The molecule has 0 amide bonds. The van der Waals surface area contributed by atoms with E-state index >= 15 is 0 Å². The van der Waals surface area contributed by atoms with Gasteiger partial charge in [-0.05, 0) is 18.9 Å². The summed E-state index contributed by atoms with van der Waals surface area (Å²) >= 11 is 0. The molecule has 19 heavy (non-hydrogen) atoms. The molecule has 0 aromatic rings. The molecule has 0 aromatic carbocycles. The van der Waals surface area contributed by atoms with Crippen molar-refractivity contribution in [2.24, 2.45) is 11.7 Å². The summed E-state index contributed by atoms with van der Waals surface area (Å²) in [6.07, 6.45) is 13.4. The fourth-order valence-electron chi connectivity index (χ4n) is 2.22. The number of rotatable bonds is 14. The lowest BCUT2D eigenvalue weighted by molar-refractivity contribution is 0.562. The maximum atomic E-state index is 11.7. The highest BCUT2D eigenvalue weighted by atomic mass is 32.2. The Labute approximate surface area is 123 Å². The topological polar surface area (TPSA) is 43.1 Å². The predicted octanol–water partition coefficient (Wildman–Crippen LogP) is 4.25. The summed E-state index contributed by atoms with van der Waals surface area (Å²) in [5.41, 5.74) is 5.54. The van der Waals surface area contributed by atoms with E-state index in [0.29, 0.717) is 12.5 Å². The van der Waals surface area contributed by atoms with Gasteiger partial charge in [-0.1, -0.05) is 71.6 Å². The Morgan fingerprint density at radius 3 is 1.84 bits per heavy atom. The number of hydrogen-bond acceptors (Lipinski definition) is 2. The van der Waals surface area contributed by atoms with Crippen LogP contribution in [0.5, 0.6) is 0 Å². The molecule has 0 heterocycles. The van der Waals surface area contributed by atoms with Crippen LogP contribution in [0.15, 0.2) is 0 Å². The lowest BCUT2D eigenvalue weighted by atomic mass is 10.1. The standard InChI is InChI=1S/C16H35NOS/c1-3-4-5-6-7-8-9-10-11-12-13-19(18)15-16(2)14-17/h16H,3-15,17H2,1-2H3. The van der Waals surface area contributed by atoms with Gasteiger partial charge in [0.05, 0.1) is 0 Å². The third-order valence-corrected chi connectivity index (χ3v) is 5.28.